The van der Waals surface area contributed by atoms with Gasteiger partial charge in [0.2, 0.25) is 0 Å². The topological polar surface area (TPSA) is 44.0 Å². The van der Waals surface area contributed by atoms with Crippen molar-refractivity contribution < 1.29 is 5.11 Å². The molecule has 1 aliphatic heterocycles. The van der Waals surface area contributed by atoms with Crippen LogP contribution in [0.4, 0.5) is 0 Å². The minimum atomic E-state index is 0.0595. The minimum absolute atomic E-state index is 0.0595. The molecule has 26 heavy (non-hydrogen) atoms. The van der Waals surface area contributed by atoms with Gasteiger partial charge in [0.1, 0.15) is 0 Å². The third-order valence-corrected chi connectivity index (χ3v) is 12.5. The molecule has 4 aliphatic carbocycles. The predicted molar refractivity (Wildman–Crippen MR) is 110 cm³/mol. The number of hydrogen-bond acceptors (Lipinski definition) is 4. The number of aliphatic hydroxyl groups is 1. The normalized spacial score (nSPS) is 49.0. The molecule has 5 aliphatic rings. The Bertz CT molecular complexity index is 664. The fourth-order valence-corrected chi connectivity index (χ4v) is 10.8. The second kappa shape index (κ2) is 6.19. The molecule has 6 atom stereocenters. The number of thioether (sulfide) groups is 2. The molecule has 142 valence electrons. The van der Waals surface area contributed by atoms with E-state index >= 15 is 0 Å². The van der Waals surface area contributed by atoms with Crippen LogP contribution in [0.3, 0.4) is 0 Å². The molecule has 1 spiro atoms. The van der Waals surface area contributed by atoms with Gasteiger partial charge in [-0.1, -0.05) is 18.6 Å². The van der Waals surface area contributed by atoms with Crippen LogP contribution in [0, 0.1) is 45.8 Å². The Morgan fingerprint density at radius 1 is 1.12 bits per heavy atom. The maximum atomic E-state index is 10.6. The second-order valence-corrected chi connectivity index (χ2v) is 12.8. The zero-order valence-corrected chi connectivity index (χ0v) is 17.5. The van der Waals surface area contributed by atoms with Crippen molar-refractivity contribution in [3.05, 3.63) is 11.6 Å². The number of hydrogen-bond donors (Lipinski definition) is 1. The average molecular weight is 390 g/mol. The van der Waals surface area contributed by atoms with E-state index < -0.39 is 0 Å². The first-order valence-electron chi connectivity index (χ1n) is 10.6. The molecular weight excluding hydrogens is 358 g/mol. The Morgan fingerprint density at radius 3 is 2.65 bits per heavy atom. The van der Waals surface area contributed by atoms with Gasteiger partial charge in [0.15, 0.2) is 0 Å². The van der Waals surface area contributed by atoms with Crippen molar-refractivity contribution in [3.8, 4) is 6.07 Å². The summed E-state index contributed by atoms with van der Waals surface area (Å²) in [5.74, 6) is 4.91. The van der Waals surface area contributed by atoms with E-state index in [9.17, 15) is 10.4 Å². The van der Waals surface area contributed by atoms with Gasteiger partial charge in [-0.05, 0) is 74.5 Å². The summed E-state index contributed by atoms with van der Waals surface area (Å²) in [5, 5.41) is 20.3. The molecule has 2 nitrogen and oxygen atoms in total. The maximum absolute atomic E-state index is 10.6. The van der Waals surface area contributed by atoms with Crippen LogP contribution < -0.4 is 0 Å². The molecule has 4 fully saturated rings. The molecule has 0 radical (unpaired) electrons. The Balaban J connectivity index is 1.49. The largest absolute Gasteiger partial charge is 0.395 e. The Kier molecular flexibility index (Phi) is 4.28. The van der Waals surface area contributed by atoms with Gasteiger partial charge in [0, 0.05) is 16.9 Å². The summed E-state index contributed by atoms with van der Waals surface area (Å²) in [6.45, 7) is 2.75. The van der Waals surface area contributed by atoms with Crippen molar-refractivity contribution in [1.82, 2.24) is 0 Å². The zero-order chi connectivity index (χ0) is 18.0. The van der Waals surface area contributed by atoms with Crippen LogP contribution in [0.25, 0.3) is 0 Å². The Labute approximate surface area is 166 Å². The highest BCUT2D eigenvalue weighted by Gasteiger charge is 2.61. The molecule has 3 saturated carbocycles. The molecule has 0 unspecified atom stereocenters. The van der Waals surface area contributed by atoms with E-state index in [0.717, 1.165) is 12.3 Å². The highest BCUT2D eigenvalue weighted by Crippen LogP contribution is 2.68. The first kappa shape index (κ1) is 18.0. The summed E-state index contributed by atoms with van der Waals surface area (Å²) in [6, 6.07) is 2.65. The lowest BCUT2D eigenvalue weighted by molar-refractivity contribution is -0.0698. The van der Waals surface area contributed by atoms with Gasteiger partial charge < -0.3 is 5.11 Å². The second-order valence-electron chi connectivity index (χ2n) is 9.71. The van der Waals surface area contributed by atoms with Gasteiger partial charge in [-0.25, -0.2) is 0 Å². The van der Waals surface area contributed by atoms with Gasteiger partial charge in [0.25, 0.3) is 0 Å². The lowest BCUT2D eigenvalue weighted by Crippen LogP contribution is -2.53. The van der Waals surface area contributed by atoms with Gasteiger partial charge in [0.05, 0.1) is 22.7 Å². The van der Waals surface area contributed by atoms with Crippen LogP contribution in [-0.4, -0.2) is 27.3 Å². The highest BCUT2D eigenvalue weighted by molar-refractivity contribution is 8.21. The smallest absolute Gasteiger partial charge is 0.0795 e. The van der Waals surface area contributed by atoms with Crippen LogP contribution in [0.15, 0.2) is 11.6 Å². The van der Waals surface area contributed by atoms with Crippen molar-refractivity contribution in [2.75, 3.05) is 18.1 Å². The van der Waals surface area contributed by atoms with Crippen molar-refractivity contribution in [1.29, 1.82) is 5.26 Å². The van der Waals surface area contributed by atoms with Crippen molar-refractivity contribution in [2.45, 2.75) is 62.4 Å². The van der Waals surface area contributed by atoms with Crippen LogP contribution in [-0.2, 0) is 0 Å². The van der Waals surface area contributed by atoms with Crippen LogP contribution in [0.2, 0.25) is 0 Å². The minimum Gasteiger partial charge on any atom is -0.395 e. The number of rotatable bonds is 1. The van der Waals surface area contributed by atoms with E-state index in [-0.39, 0.29) is 16.7 Å². The van der Waals surface area contributed by atoms with E-state index in [1.807, 2.05) is 0 Å². The standard InChI is InChI=1S/C22H31NOS2/c1-20-7-6-19-17(18(20)5-3-16(20)13-23)4-2-15-12-22(25-10-11-26-22)9-8-21(15,19)14-24/h12,16-19,24H,2-11,14H2,1H3/t16-,17+,18+,19+,20-,21-/m1/s1. The number of nitrogens with zero attached hydrogens (tertiary/aromatic N) is 1. The summed E-state index contributed by atoms with van der Waals surface area (Å²) in [5.41, 5.74) is 1.90. The van der Waals surface area contributed by atoms with E-state index in [0.29, 0.717) is 22.5 Å². The van der Waals surface area contributed by atoms with Crippen molar-refractivity contribution in [3.63, 3.8) is 0 Å². The lowest BCUT2D eigenvalue weighted by atomic mass is 9.46. The zero-order valence-electron chi connectivity index (χ0n) is 15.9. The summed E-state index contributed by atoms with van der Waals surface area (Å²) in [4.78, 5) is 0. The van der Waals surface area contributed by atoms with Gasteiger partial charge in [-0.15, -0.1) is 23.5 Å². The van der Waals surface area contributed by atoms with Crippen LogP contribution >= 0.6 is 23.5 Å². The number of nitriles is 1. The summed E-state index contributed by atoms with van der Waals surface area (Å²) < 4.78 is 0.323. The summed E-state index contributed by atoms with van der Waals surface area (Å²) in [6.07, 6.45) is 12.3. The molecule has 0 amide bonds. The average Bonchev–Trinajstić information content (AvgIpc) is 3.25. The van der Waals surface area contributed by atoms with E-state index in [4.69, 9.17) is 0 Å². The maximum Gasteiger partial charge on any atom is 0.0795 e. The molecular formula is C22H31NOS2. The third kappa shape index (κ3) is 2.29. The fraction of sp³-hybridized carbons (Fsp3) is 0.864. The molecule has 0 aromatic heterocycles. The molecule has 1 N–H and O–H groups in total. The van der Waals surface area contributed by atoms with E-state index in [1.165, 1.54) is 56.5 Å². The van der Waals surface area contributed by atoms with E-state index in [2.05, 4.69) is 42.6 Å². The van der Waals surface area contributed by atoms with Crippen LogP contribution in [0.1, 0.15) is 58.3 Å². The third-order valence-electron chi connectivity index (χ3n) is 9.06. The van der Waals surface area contributed by atoms with Crippen molar-refractivity contribution in [2.24, 2.45) is 34.5 Å². The first-order chi connectivity index (χ1) is 12.6. The molecule has 0 aromatic carbocycles. The Morgan fingerprint density at radius 2 is 1.92 bits per heavy atom. The van der Waals surface area contributed by atoms with Gasteiger partial charge in [-0.2, -0.15) is 5.26 Å². The van der Waals surface area contributed by atoms with Gasteiger partial charge >= 0.3 is 0 Å². The molecule has 0 bridgehead atoms. The SMILES string of the molecule is C[C@]12CC[C@H]3[C@@H](CCC4=CC5(CC[C@@]43CO)SCCS5)[C@@H]1CC[C@@H]2C#N. The lowest BCUT2D eigenvalue weighted by Gasteiger charge is -2.59. The monoisotopic (exact) mass is 389 g/mol. The Hall–Kier alpha value is -0.110. The summed E-state index contributed by atoms with van der Waals surface area (Å²) >= 11 is 4.29. The van der Waals surface area contributed by atoms with E-state index in [1.54, 1.807) is 5.57 Å². The van der Waals surface area contributed by atoms with Crippen molar-refractivity contribution >= 4 is 23.5 Å². The number of aliphatic hydroxyl groups excluding tert-OH is 1. The molecule has 0 aromatic rings. The predicted octanol–water partition coefficient (Wildman–Crippen LogP) is 5.24. The molecule has 5 rings (SSSR count). The first-order valence-corrected chi connectivity index (χ1v) is 12.5. The molecule has 1 saturated heterocycles. The molecule has 4 heteroatoms. The quantitative estimate of drug-likeness (QED) is 0.623. The molecule has 1 heterocycles. The van der Waals surface area contributed by atoms with Crippen LogP contribution in [0.5, 0.6) is 0 Å². The highest BCUT2D eigenvalue weighted by atomic mass is 32.2. The fourth-order valence-electron chi connectivity index (χ4n) is 7.69. The van der Waals surface area contributed by atoms with Gasteiger partial charge in [-0.3, -0.25) is 0 Å². The summed E-state index contributed by atoms with van der Waals surface area (Å²) in [7, 11) is 0. The number of fused-ring (bicyclic) bond motifs is 5.